The van der Waals surface area contributed by atoms with Gasteiger partial charge in [-0.1, -0.05) is 11.6 Å². The van der Waals surface area contributed by atoms with Crippen LogP contribution in [0, 0.1) is 5.82 Å². The molecule has 2 N–H and O–H groups in total. The van der Waals surface area contributed by atoms with Gasteiger partial charge in [-0.05, 0) is 39.3 Å². The van der Waals surface area contributed by atoms with Gasteiger partial charge in [0.05, 0.1) is 16.8 Å². The Hall–Kier alpha value is -2.78. The van der Waals surface area contributed by atoms with E-state index in [2.05, 4.69) is 30.2 Å². The number of pyridine rings is 1. The molecule has 8 nitrogen and oxygen atoms in total. The van der Waals surface area contributed by atoms with Crippen LogP contribution in [0.4, 0.5) is 10.2 Å². The topological polar surface area (TPSA) is 90.0 Å². The number of piperidine rings is 1. The fourth-order valence-corrected chi connectivity index (χ4v) is 4.40. The summed E-state index contributed by atoms with van der Waals surface area (Å²) < 4.78 is 14.6. The Bertz CT molecular complexity index is 1150. The molecule has 1 aliphatic rings. The zero-order valence-electron chi connectivity index (χ0n) is 18.6. The van der Waals surface area contributed by atoms with E-state index in [1.54, 1.807) is 37.5 Å². The number of nitrogens with one attached hydrogen (secondary N) is 2. The van der Waals surface area contributed by atoms with Gasteiger partial charge in [0.25, 0.3) is 0 Å². The first-order valence-corrected chi connectivity index (χ1v) is 10.9. The summed E-state index contributed by atoms with van der Waals surface area (Å²) in [6.07, 6.45) is 6.21. The first-order chi connectivity index (χ1) is 15.2. The molecule has 0 radical (unpaired) electrons. The summed E-state index contributed by atoms with van der Waals surface area (Å²) in [5.41, 5.74) is 0.707. The van der Waals surface area contributed by atoms with Crippen molar-refractivity contribution < 1.29 is 9.18 Å². The number of fused-ring (bicyclic) bond motifs is 1. The number of nitrogens with zero attached hydrogens (tertiary/aromatic N) is 5. The molecule has 1 aliphatic heterocycles. The minimum absolute atomic E-state index is 0.0419. The van der Waals surface area contributed by atoms with Gasteiger partial charge in [0.15, 0.2) is 17.5 Å². The smallest absolute Gasteiger partial charge is 0.242 e. The fourth-order valence-electron chi connectivity index (χ4n) is 4.24. The number of likely N-dealkylation sites (tertiary alicyclic amines) is 1. The number of rotatable bonds is 5. The molecule has 10 heteroatoms. The molecule has 4 heterocycles. The molecule has 0 aliphatic carbocycles. The average molecular weight is 460 g/mol. The lowest BCUT2D eigenvalue weighted by Crippen LogP contribution is -2.59. The molecule has 1 saturated heterocycles. The van der Waals surface area contributed by atoms with Crippen LogP contribution in [0.25, 0.3) is 22.4 Å². The second-order valence-corrected chi connectivity index (χ2v) is 9.27. The number of H-pyrrole nitrogens is 1. The van der Waals surface area contributed by atoms with Crippen LogP contribution >= 0.6 is 11.6 Å². The van der Waals surface area contributed by atoms with Crippen molar-refractivity contribution in [2.75, 3.05) is 32.5 Å². The van der Waals surface area contributed by atoms with E-state index < -0.39 is 11.4 Å². The third-order valence-electron chi connectivity index (χ3n) is 5.97. The molecule has 4 rings (SSSR count). The van der Waals surface area contributed by atoms with Crippen LogP contribution in [-0.2, 0) is 4.79 Å². The number of amides is 1. The predicted octanol–water partition coefficient (Wildman–Crippen LogP) is 3.56. The Balaban J connectivity index is 1.57. The van der Waals surface area contributed by atoms with Crippen molar-refractivity contribution in [3.63, 3.8) is 0 Å². The van der Waals surface area contributed by atoms with E-state index in [9.17, 15) is 9.18 Å². The molecule has 0 bridgehead atoms. The third kappa shape index (κ3) is 4.27. The van der Waals surface area contributed by atoms with Gasteiger partial charge in [0, 0.05) is 50.0 Å². The van der Waals surface area contributed by atoms with Crippen LogP contribution in [0.2, 0.25) is 5.02 Å². The standard InChI is InChI=1S/C22H27ClFN7O/c1-22(2,21(32)30(3)4)31-7-5-6-14(12-31)28-20-17(24)11-27-19(29-20)16-10-26-18-15(16)8-13(23)9-25-18/h8-11,14H,5-7,12H2,1-4H3,(H,25,26)(H,27,28,29). The molecule has 0 saturated carbocycles. The van der Waals surface area contributed by atoms with Crippen LogP contribution in [0.3, 0.4) is 0 Å². The second-order valence-electron chi connectivity index (χ2n) is 8.83. The third-order valence-corrected chi connectivity index (χ3v) is 6.17. The molecule has 3 aromatic heterocycles. The van der Waals surface area contributed by atoms with Crippen molar-refractivity contribution in [2.24, 2.45) is 0 Å². The van der Waals surface area contributed by atoms with Crippen molar-refractivity contribution in [1.82, 2.24) is 29.7 Å². The van der Waals surface area contributed by atoms with Crippen LogP contribution in [0.1, 0.15) is 26.7 Å². The molecule has 32 heavy (non-hydrogen) atoms. The monoisotopic (exact) mass is 459 g/mol. The highest BCUT2D eigenvalue weighted by molar-refractivity contribution is 6.31. The van der Waals surface area contributed by atoms with E-state index in [1.807, 2.05) is 13.8 Å². The first-order valence-electron chi connectivity index (χ1n) is 10.6. The maximum Gasteiger partial charge on any atom is 0.242 e. The lowest BCUT2D eigenvalue weighted by atomic mass is 9.95. The number of halogens is 2. The lowest BCUT2D eigenvalue weighted by molar-refractivity contribution is -0.140. The first kappa shape index (κ1) is 22.4. The van der Waals surface area contributed by atoms with Crippen LogP contribution in [0.15, 0.2) is 24.7 Å². The maximum atomic E-state index is 14.6. The van der Waals surface area contributed by atoms with E-state index in [0.717, 1.165) is 24.8 Å². The van der Waals surface area contributed by atoms with Gasteiger partial charge in [0.2, 0.25) is 5.91 Å². The van der Waals surface area contributed by atoms with Gasteiger partial charge in [-0.25, -0.2) is 19.3 Å². The van der Waals surface area contributed by atoms with E-state index >= 15 is 0 Å². The Morgan fingerprint density at radius 2 is 2.12 bits per heavy atom. The highest BCUT2D eigenvalue weighted by Crippen LogP contribution is 2.29. The number of likely N-dealkylation sites (N-methyl/N-ethyl adjacent to an activating group) is 1. The molecule has 3 aromatic rings. The molecule has 1 amide bonds. The van der Waals surface area contributed by atoms with Crippen LogP contribution in [-0.4, -0.2) is 74.4 Å². The summed E-state index contributed by atoms with van der Waals surface area (Å²) in [6.45, 7) is 5.28. The summed E-state index contributed by atoms with van der Waals surface area (Å²) in [7, 11) is 3.52. The largest absolute Gasteiger partial charge is 0.363 e. The number of aromatic nitrogens is 4. The Labute approximate surface area is 191 Å². The summed E-state index contributed by atoms with van der Waals surface area (Å²) >= 11 is 6.09. The predicted molar refractivity (Wildman–Crippen MR) is 123 cm³/mol. The summed E-state index contributed by atoms with van der Waals surface area (Å²) in [6, 6.07) is 1.73. The zero-order valence-corrected chi connectivity index (χ0v) is 19.4. The summed E-state index contributed by atoms with van der Waals surface area (Å²) in [5.74, 6) is 0.0358. The Kier molecular flexibility index (Phi) is 6.05. The molecule has 1 atom stereocenters. The molecular formula is C22H27ClFN7O. The van der Waals surface area contributed by atoms with E-state index in [1.165, 1.54) is 6.20 Å². The van der Waals surface area contributed by atoms with Crippen LogP contribution in [0.5, 0.6) is 0 Å². The van der Waals surface area contributed by atoms with Gasteiger partial charge in [-0.3, -0.25) is 9.69 Å². The summed E-state index contributed by atoms with van der Waals surface area (Å²) in [5, 5.41) is 4.50. The minimum atomic E-state index is -0.643. The van der Waals surface area contributed by atoms with Crippen molar-refractivity contribution in [1.29, 1.82) is 0 Å². The number of hydrogen-bond acceptors (Lipinski definition) is 6. The second kappa shape index (κ2) is 8.63. The quantitative estimate of drug-likeness (QED) is 0.606. The van der Waals surface area contributed by atoms with Crippen molar-refractivity contribution in [3.05, 3.63) is 35.5 Å². The number of hydrogen-bond donors (Lipinski definition) is 2. The number of carbonyl (C=O) groups excluding carboxylic acids is 1. The fraction of sp³-hybridized carbons (Fsp3) is 0.455. The number of aromatic amines is 1. The Morgan fingerprint density at radius 1 is 1.34 bits per heavy atom. The van der Waals surface area contributed by atoms with Gasteiger partial charge >= 0.3 is 0 Å². The molecule has 0 spiro atoms. The normalized spacial score (nSPS) is 17.5. The van der Waals surface area contributed by atoms with Gasteiger partial charge in [-0.15, -0.1) is 0 Å². The summed E-state index contributed by atoms with van der Waals surface area (Å²) in [4.78, 5) is 32.4. The van der Waals surface area contributed by atoms with E-state index in [-0.39, 0.29) is 17.8 Å². The van der Waals surface area contributed by atoms with Crippen molar-refractivity contribution in [2.45, 2.75) is 38.3 Å². The van der Waals surface area contributed by atoms with Gasteiger partial charge in [0.1, 0.15) is 5.65 Å². The van der Waals surface area contributed by atoms with Gasteiger partial charge in [-0.2, -0.15) is 0 Å². The lowest BCUT2D eigenvalue weighted by Gasteiger charge is -2.43. The van der Waals surface area contributed by atoms with E-state index in [0.29, 0.717) is 28.6 Å². The number of anilines is 1. The van der Waals surface area contributed by atoms with E-state index in [4.69, 9.17) is 11.6 Å². The molecule has 1 fully saturated rings. The maximum absolute atomic E-state index is 14.6. The molecule has 170 valence electrons. The highest BCUT2D eigenvalue weighted by Gasteiger charge is 2.38. The Morgan fingerprint density at radius 3 is 2.88 bits per heavy atom. The van der Waals surface area contributed by atoms with Crippen molar-refractivity contribution >= 4 is 34.4 Å². The molecular weight excluding hydrogens is 433 g/mol. The highest BCUT2D eigenvalue weighted by atomic mass is 35.5. The SMILES string of the molecule is CN(C)C(=O)C(C)(C)N1CCCC(Nc2nc(-c3c[nH]c4ncc(Cl)cc34)ncc2F)C1. The molecule has 1 unspecified atom stereocenters. The number of carbonyl (C=O) groups is 1. The minimum Gasteiger partial charge on any atom is -0.363 e. The van der Waals surface area contributed by atoms with Gasteiger partial charge < -0.3 is 15.2 Å². The van der Waals surface area contributed by atoms with Crippen molar-refractivity contribution in [3.8, 4) is 11.4 Å². The average Bonchev–Trinajstić information content (AvgIpc) is 3.18. The van der Waals surface area contributed by atoms with Crippen LogP contribution < -0.4 is 5.32 Å². The zero-order chi connectivity index (χ0) is 23.0. The molecule has 0 aromatic carbocycles.